The molecule has 0 fully saturated rings. The fourth-order valence-electron chi connectivity index (χ4n) is 2.21. The lowest BCUT2D eigenvalue weighted by atomic mass is 10.1. The van der Waals surface area contributed by atoms with Crippen molar-refractivity contribution in [3.63, 3.8) is 0 Å². The van der Waals surface area contributed by atoms with Crippen LogP contribution in [0.25, 0.3) is 10.9 Å². The number of carbonyl (C=O) groups excluding carboxylic acids is 1. The molecular formula is C16H21N3O3S. The fraction of sp³-hybridized carbons (Fsp3) is 0.375. The fourth-order valence-corrected chi connectivity index (χ4v) is 3.54. The highest BCUT2D eigenvalue weighted by molar-refractivity contribution is 7.89. The van der Waals surface area contributed by atoms with Gasteiger partial charge in [-0.2, -0.15) is 4.31 Å². The Hall–Kier alpha value is -1.99. The molecule has 0 radical (unpaired) electrons. The Morgan fingerprint density at radius 3 is 2.57 bits per heavy atom. The predicted octanol–water partition coefficient (Wildman–Crippen LogP) is 1.77. The number of sulfonamides is 1. The van der Waals surface area contributed by atoms with Crippen molar-refractivity contribution in [2.45, 2.75) is 31.2 Å². The first-order chi connectivity index (χ1) is 10.6. The maximum atomic E-state index is 12.8. The van der Waals surface area contributed by atoms with Gasteiger partial charge in [-0.15, -0.1) is 0 Å². The van der Waals surface area contributed by atoms with Crippen LogP contribution in [0.15, 0.2) is 41.4 Å². The summed E-state index contributed by atoms with van der Waals surface area (Å²) in [5.41, 5.74) is 0.187. The van der Waals surface area contributed by atoms with Crippen LogP contribution in [0.4, 0.5) is 0 Å². The van der Waals surface area contributed by atoms with Crippen LogP contribution in [-0.4, -0.2) is 42.7 Å². The van der Waals surface area contributed by atoms with Crippen LogP contribution in [0.5, 0.6) is 0 Å². The van der Waals surface area contributed by atoms with E-state index >= 15 is 0 Å². The molecular weight excluding hydrogens is 314 g/mol. The van der Waals surface area contributed by atoms with E-state index in [4.69, 9.17) is 0 Å². The molecule has 0 bridgehead atoms. The Morgan fingerprint density at radius 1 is 1.22 bits per heavy atom. The van der Waals surface area contributed by atoms with Gasteiger partial charge in [0.05, 0.1) is 17.0 Å². The molecule has 124 valence electrons. The number of amides is 1. The highest BCUT2D eigenvalue weighted by atomic mass is 32.2. The number of nitrogens with one attached hydrogen (secondary N) is 1. The summed E-state index contributed by atoms with van der Waals surface area (Å²) in [6, 6.07) is 8.31. The van der Waals surface area contributed by atoms with E-state index in [-0.39, 0.29) is 17.3 Å². The lowest BCUT2D eigenvalue weighted by Crippen LogP contribution is -2.46. The summed E-state index contributed by atoms with van der Waals surface area (Å²) in [5, 5.41) is 3.29. The van der Waals surface area contributed by atoms with E-state index in [2.05, 4.69) is 10.3 Å². The minimum absolute atomic E-state index is 0.147. The molecule has 23 heavy (non-hydrogen) atoms. The van der Waals surface area contributed by atoms with Crippen molar-refractivity contribution >= 4 is 26.8 Å². The second-order valence-electron chi connectivity index (χ2n) is 6.39. The van der Waals surface area contributed by atoms with E-state index in [1.54, 1.807) is 30.5 Å². The Kier molecular flexibility index (Phi) is 4.72. The van der Waals surface area contributed by atoms with Crippen molar-refractivity contribution in [2.75, 3.05) is 13.6 Å². The number of hydrogen-bond donors (Lipinski definition) is 1. The number of nitrogens with zero attached hydrogens (tertiary/aromatic N) is 2. The van der Waals surface area contributed by atoms with Crippen LogP contribution < -0.4 is 5.32 Å². The first-order valence-electron chi connectivity index (χ1n) is 7.22. The second kappa shape index (κ2) is 6.25. The van der Waals surface area contributed by atoms with Gasteiger partial charge in [0.2, 0.25) is 15.9 Å². The molecule has 1 heterocycles. The molecule has 0 saturated carbocycles. The zero-order valence-corrected chi connectivity index (χ0v) is 14.5. The smallest absolute Gasteiger partial charge is 0.243 e. The van der Waals surface area contributed by atoms with Gasteiger partial charge in [-0.1, -0.05) is 6.07 Å². The average molecular weight is 335 g/mol. The summed E-state index contributed by atoms with van der Waals surface area (Å²) in [6.07, 6.45) is 1.61. The minimum atomic E-state index is -3.78. The number of aromatic nitrogens is 1. The molecule has 2 rings (SSSR count). The third-order valence-electron chi connectivity index (χ3n) is 3.17. The van der Waals surface area contributed by atoms with Gasteiger partial charge >= 0.3 is 0 Å². The first kappa shape index (κ1) is 17.4. The summed E-state index contributed by atoms with van der Waals surface area (Å²) >= 11 is 0. The SMILES string of the molecule is CN(CC(=O)NC(C)(C)C)S(=O)(=O)c1cccc2ncccc12. The molecule has 0 saturated heterocycles. The summed E-state index contributed by atoms with van der Waals surface area (Å²) in [6.45, 7) is 5.29. The molecule has 0 atom stereocenters. The lowest BCUT2D eigenvalue weighted by molar-refractivity contribution is -0.122. The number of benzene rings is 1. The largest absolute Gasteiger partial charge is 0.350 e. The van der Waals surface area contributed by atoms with Crippen LogP contribution in [0.2, 0.25) is 0 Å². The Labute approximate surface area is 136 Å². The molecule has 1 aromatic carbocycles. The van der Waals surface area contributed by atoms with Gasteiger partial charge in [0.25, 0.3) is 0 Å². The maximum absolute atomic E-state index is 12.8. The molecule has 1 amide bonds. The van der Waals surface area contributed by atoms with Crippen LogP contribution >= 0.6 is 0 Å². The molecule has 0 aliphatic rings. The minimum Gasteiger partial charge on any atom is -0.350 e. The van der Waals surface area contributed by atoms with Crippen LogP contribution in [0, 0.1) is 0 Å². The van der Waals surface area contributed by atoms with E-state index in [1.807, 2.05) is 20.8 Å². The highest BCUT2D eigenvalue weighted by Gasteiger charge is 2.26. The normalized spacial score (nSPS) is 12.6. The summed E-state index contributed by atoms with van der Waals surface area (Å²) in [4.78, 5) is 16.3. The lowest BCUT2D eigenvalue weighted by Gasteiger charge is -2.23. The van der Waals surface area contributed by atoms with E-state index in [9.17, 15) is 13.2 Å². The van der Waals surface area contributed by atoms with Gasteiger partial charge in [0.15, 0.2) is 0 Å². The third kappa shape index (κ3) is 4.05. The van der Waals surface area contributed by atoms with Gasteiger partial charge in [0, 0.05) is 24.2 Å². The first-order valence-corrected chi connectivity index (χ1v) is 8.66. The van der Waals surface area contributed by atoms with Crippen molar-refractivity contribution in [2.24, 2.45) is 0 Å². The van der Waals surface area contributed by atoms with Crippen LogP contribution in [0.1, 0.15) is 20.8 Å². The van der Waals surface area contributed by atoms with E-state index in [0.29, 0.717) is 10.9 Å². The highest BCUT2D eigenvalue weighted by Crippen LogP contribution is 2.23. The zero-order chi connectivity index (χ0) is 17.3. The standard InChI is InChI=1S/C16H21N3O3S/c1-16(2,3)18-15(20)11-19(4)23(21,22)14-9-5-8-13-12(14)7-6-10-17-13/h5-10H,11H2,1-4H3,(H,18,20). The van der Waals surface area contributed by atoms with E-state index in [1.165, 1.54) is 13.1 Å². The van der Waals surface area contributed by atoms with Gasteiger partial charge in [-0.3, -0.25) is 9.78 Å². The Morgan fingerprint density at radius 2 is 1.91 bits per heavy atom. The molecule has 2 aromatic rings. The average Bonchev–Trinajstić information content (AvgIpc) is 2.44. The van der Waals surface area contributed by atoms with Crippen molar-refractivity contribution in [3.8, 4) is 0 Å². The number of carbonyl (C=O) groups is 1. The molecule has 0 unspecified atom stereocenters. The molecule has 0 aliphatic carbocycles. The molecule has 0 spiro atoms. The second-order valence-corrected chi connectivity index (χ2v) is 8.40. The molecule has 1 aromatic heterocycles. The Bertz CT molecular complexity index is 821. The van der Waals surface area contributed by atoms with Crippen molar-refractivity contribution in [1.29, 1.82) is 0 Å². The van der Waals surface area contributed by atoms with Crippen LogP contribution in [0.3, 0.4) is 0 Å². The third-order valence-corrected chi connectivity index (χ3v) is 5.04. The molecule has 7 heteroatoms. The van der Waals surface area contributed by atoms with Crippen molar-refractivity contribution in [3.05, 3.63) is 36.5 Å². The molecule has 0 aliphatic heterocycles. The van der Waals surface area contributed by atoms with Crippen LogP contribution in [-0.2, 0) is 14.8 Å². The zero-order valence-electron chi connectivity index (χ0n) is 13.7. The number of fused-ring (bicyclic) bond motifs is 1. The molecule has 1 N–H and O–H groups in total. The van der Waals surface area contributed by atoms with Gasteiger partial charge in [-0.25, -0.2) is 8.42 Å². The Balaban J connectivity index is 2.32. The quantitative estimate of drug-likeness (QED) is 0.923. The predicted molar refractivity (Wildman–Crippen MR) is 89.5 cm³/mol. The van der Waals surface area contributed by atoms with E-state index in [0.717, 1.165) is 4.31 Å². The summed E-state index contributed by atoms with van der Waals surface area (Å²) < 4.78 is 26.6. The van der Waals surface area contributed by atoms with Gasteiger partial charge in [0.1, 0.15) is 0 Å². The van der Waals surface area contributed by atoms with E-state index < -0.39 is 15.6 Å². The summed E-state index contributed by atoms with van der Waals surface area (Å²) in [5.74, 6) is -0.345. The number of rotatable bonds is 4. The van der Waals surface area contributed by atoms with Crippen molar-refractivity contribution < 1.29 is 13.2 Å². The molecule has 6 nitrogen and oxygen atoms in total. The monoisotopic (exact) mass is 335 g/mol. The topological polar surface area (TPSA) is 79.4 Å². The van der Waals surface area contributed by atoms with Crippen molar-refractivity contribution in [1.82, 2.24) is 14.6 Å². The summed E-state index contributed by atoms with van der Waals surface area (Å²) in [7, 11) is -2.39. The number of likely N-dealkylation sites (N-methyl/N-ethyl adjacent to an activating group) is 1. The van der Waals surface area contributed by atoms with Gasteiger partial charge in [-0.05, 0) is 45.0 Å². The number of pyridine rings is 1. The number of hydrogen-bond acceptors (Lipinski definition) is 4. The van der Waals surface area contributed by atoms with Gasteiger partial charge < -0.3 is 5.32 Å². The maximum Gasteiger partial charge on any atom is 0.243 e.